The van der Waals surface area contributed by atoms with Gasteiger partial charge < -0.3 is 14.8 Å². The molecule has 0 spiro atoms. The minimum Gasteiger partial charge on any atom is -0.493 e. The highest BCUT2D eigenvalue weighted by atomic mass is 19.4. The van der Waals surface area contributed by atoms with E-state index in [1.165, 1.54) is 43.1 Å². The summed E-state index contributed by atoms with van der Waals surface area (Å²) in [5.41, 5.74) is -4.82. The average molecular weight is 441 g/mol. The molecule has 1 unspecified atom stereocenters. The lowest BCUT2D eigenvalue weighted by atomic mass is 10.1. The van der Waals surface area contributed by atoms with Crippen molar-refractivity contribution in [3.63, 3.8) is 0 Å². The number of benzene rings is 2. The molecule has 1 heterocycles. The molecule has 3 rings (SSSR count). The first-order valence-corrected chi connectivity index (χ1v) is 8.58. The fraction of sp³-hybridized carbons (Fsp3) is 0.211. The molecule has 8 nitrogen and oxygen atoms in total. The van der Waals surface area contributed by atoms with Gasteiger partial charge in [-0.05, 0) is 30.3 Å². The zero-order chi connectivity index (χ0) is 23.0. The Morgan fingerprint density at radius 2 is 1.71 bits per heavy atom. The highest BCUT2D eigenvalue weighted by molar-refractivity contribution is 6.24. The number of nitrogens with one attached hydrogen (secondary N) is 2. The van der Waals surface area contributed by atoms with Gasteiger partial charge in [-0.15, -0.1) is 0 Å². The van der Waals surface area contributed by atoms with Crippen molar-refractivity contribution in [2.75, 3.05) is 19.1 Å². The van der Waals surface area contributed by atoms with Crippen LogP contribution in [0.25, 0.3) is 0 Å². The molecule has 0 saturated carbocycles. The Kier molecular flexibility index (Phi) is 5.49. The molecule has 0 aromatic heterocycles. The van der Waals surface area contributed by atoms with Gasteiger partial charge in [-0.2, -0.15) is 13.2 Å². The standard InChI is InChI=1S/C19H15F4N3O5/c1-30-13-8-7-10(9-14(13)31-2)15(27)24-18(19(21,22)23)16(28)26(17(29)25-18)12-6-4-3-5-11(12)20/h3-9H,1-2H3,(H,24,27)(H,25,29). The number of imide groups is 1. The number of hydrogen-bond donors (Lipinski definition) is 2. The Morgan fingerprint density at radius 1 is 1.06 bits per heavy atom. The molecule has 1 saturated heterocycles. The van der Waals surface area contributed by atoms with Crippen molar-refractivity contribution in [3.05, 3.63) is 53.8 Å². The van der Waals surface area contributed by atoms with Crippen molar-refractivity contribution in [2.24, 2.45) is 0 Å². The first-order chi connectivity index (χ1) is 14.6. The van der Waals surface area contributed by atoms with Gasteiger partial charge in [0.05, 0.1) is 19.9 Å². The molecule has 0 aliphatic carbocycles. The van der Waals surface area contributed by atoms with Gasteiger partial charge in [0.1, 0.15) is 5.82 Å². The Balaban J connectivity index is 2.01. The molecule has 0 radical (unpaired) electrons. The predicted molar refractivity (Wildman–Crippen MR) is 98.2 cm³/mol. The Hall–Kier alpha value is -3.83. The van der Waals surface area contributed by atoms with E-state index >= 15 is 0 Å². The van der Waals surface area contributed by atoms with Gasteiger partial charge in [0, 0.05) is 5.56 Å². The molecule has 12 heteroatoms. The number of alkyl halides is 3. The topological polar surface area (TPSA) is 97.0 Å². The summed E-state index contributed by atoms with van der Waals surface area (Å²) >= 11 is 0. The molecule has 164 valence electrons. The number of nitrogens with zero attached hydrogens (tertiary/aromatic N) is 1. The average Bonchev–Trinajstić information content (AvgIpc) is 2.98. The van der Waals surface area contributed by atoms with Gasteiger partial charge >= 0.3 is 12.2 Å². The molecular weight excluding hydrogens is 426 g/mol. The fourth-order valence-corrected chi connectivity index (χ4v) is 2.95. The summed E-state index contributed by atoms with van der Waals surface area (Å²) in [6.45, 7) is 0. The largest absolute Gasteiger partial charge is 0.493 e. The van der Waals surface area contributed by atoms with Crippen LogP contribution in [0.1, 0.15) is 10.4 Å². The minimum absolute atomic E-state index is 0.0162. The van der Waals surface area contributed by atoms with E-state index in [9.17, 15) is 31.9 Å². The van der Waals surface area contributed by atoms with E-state index in [1.54, 1.807) is 0 Å². The van der Waals surface area contributed by atoms with E-state index in [4.69, 9.17) is 9.47 Å². The third-order valence-corrected chi connectivity index (χ3v) is 4.49. The molecule has 2 N–H and O–H groups in total. The third kappa shape index (κ3) is 3.60. The second-order valence-corrected chi connectivity index (χ2v) is 6.29. The predicted octanol–water partition coefficient (Wildman–Crippen LogP) is 2.59. The number of ether oxygens (including phenoxy) is 2. The molecule has 1 fully saturated rings. The van der Waals surface area contributed by atoms with Crippen LogP contribution in [0.2, 0.25) is 0 Å². The van der Waals surface area contributed by atoms with Crippen LogP contribution >= 0.6 is 0 Å². The monoisotopic (exact) mass is 441 g/mol. The van der Waals surface area contributed by atoms with E-state index in [-0.39, 0.29) is 22.0 Å². The number of urea groups is 1. The van der Waals surface area contributed by atoms with Gasteiger partial charge in [-0.25, -0.2) is 14.1 Å². The number of methoxy groups -OCH3 is 2. The van der Waals surface area contributed by atoms with E-state index in [1.807, 2.05) is 0 Å². The lowest BCUT2D eigenvalue weighted by Crippen LogP contribution is -2.69. The third-order valence-electron chi connectivity index (χ3n) is 4.49. The number of para-hydroxylation sites is 1. The van der Waals surface area contributed by atoms with E-state index in [0.717, 1.165) is 24.3 Å². The van der Waals surface area contributed by atoms with Crippen LogP contribution in [-0.4, -0.2) is 43.9 Å². The number of carbonyl (C=O) groups is 3. The molecule has 0 bridgehead atoms. The van der Waals surface area contributed by atoms with Crippen molar-refractivity contribution in [3.8, 4) is 11.5 Å². The summed E-state index contributed by atoms with van der Waals surface area (Å²) < 4.78 is 65.9. The zero-order valence-corrected chi connectivity index (χ0v) is 16.0. The molecule has 31 heavy (non-hydrogen) atoms. The summed E-state index contributed by atoms with van der Waals surface area (Å²) in [5.74, 6) is -4.10. The Bertz CT molecular complexity index is 1060. The van der Waals surface area contributed by atoms with Crippen molar-refractivity contribution in [1.82, 2.24) is 10.6 Å². The summed E-state index contributed by atoms with van der Waals surface area (Å²) in [6.07, 6.45) is -5.45. The molecule has 2 aromatic rings. The summed E-state index contributed by atoms with van der Waals surface area (Å²) in [4.78, 5) is 37.5. The number of hydrogen-bond acceptors (Lipinski definition) is 5. The van der Waals surface area contributed by atoms with E-state index < -0.39 is 41.2 Å². The number of rotatable bonds is 5. The highest BCUT2D eigenvalue weighted by Crippen LogP contribution is 2.37. The fourth-order valence-electron chi connectivity index (χ4n) is 2.95. The quantitative estimate of drug-likeness (QED) is 0.549. The van der Waals surface area contributed by atoms with Crippen LogP contribution in [0.15, 0.2) is 42.5 Å². The van der Waals surface area contributed by atoms with Crippen molar-refractivity contribution >= 4 is 23.5 Å². The van der Waals surface area contributed by atoms with Crippen LogP contribution < -0.4 is 25.0 Å². The molecule has 4 amide bonds. The second-order valence-electron chi connectivity index (χ2n) is 6.29. The first kappa shape index (κ1) is 21.9. The van der Waals surface area contributed by atoms with Gasteiger partial charge in [0.2, 0.25) is 0 Å². The van der Waals surface area contributed by atoms with Gasteiger partial charge in [0.15, 0.2) is 11.5 Å². The van der Waals surface area contributed by atoms with Crippen LogP contribution in [0.4, 0.5) is 28.0 Å². The maximum atomic E-state index is 14.1. The molecular formula is C19H15F4N3O5. The van der Waals surface area contributed by atoms with Gasteiger partial charge in [-0.1, -0.05) is 12.1 Å². The number of anilines is 1. The summed E-state index contributed by atoms with van der Waals surface area (Å²) in [6, 6.07) is 6.22. The maximum Gasteiger partial charge on any atom is 0.440 e. The van der Waals surface area contributed by atoms with Gasteiger partial charge in [-0.3, -0.25) is 14.9 Å². The Labute approximate surface area is 172 Å². The summed E-state index contributed by atoms with van der Waals surface area (Å²) in [7, 11) is 2.57. The normalized spacial score (nSPS) is 18.6. The molecule has 1 aliphatic rings. The minimum atomic E-state index is -5.45. The van der Waals surface area contributed by atoms with Crippen molar-refractivity contribution in [2.45, 2.75) is 11.8 Å². The number of amides is 4. The number of carbonyl (C=O) groups excluding carboxylic acids is 3. The first-order valence-electron chi connectivity index (χ1n) is 8.58. The molecule has 1 atom stereocenters. The lowest BCUT2D eigenvalue weighted by molar-refractivity contribution is -0.197. The maximum absolute atomic E-state index is 14.1. The van der Waals surface area contributed by atoms with Gasteiger partial charge in [0.25, 0.3) is 17.5 Å². The van der Waals surface area contributed by atoms with Crippen LogP contribution in [0.3, 0.4) is 0 Å². The molecule has 2 aromatic carbocycles. The van der Waals surface area contributed by atoms with E-state index in [2.05, 4.69) is 0 Å². The van der Waals surface area contributed by atoms with Crippen LogP contribution in [-0.2, 0) is 4.79 Å². The SMILES string of the molecule is COc1ccc(C(=O)NC2(C(F)(F)F)NC(=O)N(c3ccccc3F)C2=O)cc1OC. The van der Waals surface area contributed by atoms with Crippen molar-refractivity contribution in [1.29, 1.82) is 0 Å². The van der Waals surface area contributed by atoms with E-state index in [0.29, 0.717) is 0 Å². The van der Waals surface area contributed by atoms with Crippen molar-refractivity contribution < 1.29 is 41.4 Å². The number of halogens is 4. The zero-order valence-electron chi connectivity index (χ0n) is 16.0. The lowest BCUT2D eigenvalue weighted by Gasteiger charge is -2.30. The summed E-state index contributed by atoms with van der Waals surface area (Å²) in [5, 5.41) is 2.97. The molecule has 1 aliphatic heterocycles. The Morgan fingerprint density at radius 3 is 2.29 bits per heavy atom. The highest BCUT2D eigenvalue weighted by Gasteiger charge is 2.69. The van der Waals surface area contributed by atoms with Crippen LogP contribution in [0, 0.1) is 5.82 Å². The van der Waals surface area contributed by atoms with Crippen LogP contribution in [0.5, 0.6) is 11.5 Å². The second kappa shape index (κ2) is 7.78. The smallest absolute Gasteiger partial charge is 0.440 e.